The van der Waals surface area contributed by atoms with Gasteiger partial charge in [-0.15, -0.1) is 0 Å². The SMILES string of the molecule is c1c[nH]cn1.c1cc2cccc3c4cccc5cccc(c(c1)c23)c54. The average Bonchev–Trinajstić information content (AvgIpc) is 3.26. The van der Waals surface area contributed by atoms with Gasteiger partial charge in [0.1, 0.15) is 0 Å². The van der Waals surface area contributed by atoms with E-state index < -0.39 is 0 Å². The molecule has 1 heterocycles. The lowest BCUT2D eigenvalue weighted by Crippen LogP contribution is -1.85. The Balaban J connectivity index is 0.000000244. The van der Waals surface area contributed by atoms with E-state index in [-0.39, 0.29) is 0 Å². The first-order chi connectivity index (χ1) is 12.4. The molecule has 0 atom stereocenters. The first-order valence-electron chi connectivity index (χ1n) is 8.40. The average molecular weight is 320 g/mol. The van der Waals surface area contributed by atoms with Gasteiger partial charge in [-0.3, -0.25) is 0 Å². The lowest BCUT2D eigenvalue weighted by Gasteiger charge is -2.13. The van der Waals surface area contributed by atoms with Gasteiger partial charge < -0.3 is 4.98 Å². The molecule has 6 rings (SSSR count). The fourth-order valence-electron chi connectivity index (χ4n) is 3.79. The summed E-state index contributed by atoms with van der Waals surface area (Å²) in [6.45, 7) is 0. The molecule has 0 saturated carbocycles. The summed E-state index contributed by atoms with van der Waals surface area (Å²) in [7, 11) is 0. The van der Waals surface area contributed by atoms with Gasteiger partial charge in [0.25, 0.3) is 0 Å². The molecule has 0 saturated heterocycles. The zero-order chi connectivity index (χ0) is 16.6. The van der Waals surface area contributed by atoms with Gasteiger partial charge in [-0.1, -0.05) is 72.8 Å². The van der Waals surface area contributed by atoms with Crippen LogP contribution < -0.4 is 0 Å². The van der Waals surface area contributed by atoms with E-state index in [2.05, 4.69) is 82.8 Å². The second kappa shape index (κ2) is 5.60. The second-order valence-corrected chi connectivity index (χ2v) is 6.18. The molecule has 0 amide bonds. The van der Waals surface area contributed by atoms with Gasteiger partial charge in [0.2, 0.25) is 0 Å². The third-order valence-electron chi connectivity index (χ3n) is 4.80. The molecule has 0 aliphatic heterocycles. The largest absolute Gasteiger partial charge is 0.351 e. The Kier molecular flexibility index (Phi) is 3.14. The summed E-state index contributed by atoms with van der Waals surface area (Å²) in [5, 5.41) is 10.9. The predicted molar refractivity (Wildman–Crippen MR) is 106 cm³/mol. The Labute approximate surface area is 145 Å². The number of nitrogens with one attached hydrogen (secondary N) is 1. The van der Waals surface area contributed by atoms with Crippen molar-refractivity contribution >= 4 is 43.1 Å². The lowest BCUT2D eigenvalue weighted by molar-refractivity contribution is 1.31. The minimum atomic E-state index is 1.33. The first kappa shape index (κ1) is 14.0. The number of nitrogens with zero attached hydrogens (tertiary/aromatic N) is 1. The Morgan fingerprint density at radius 3 is 1.28 bits per heavy atom. The van der Waals surface area contributed by atoms with Crippen LogP contribution in [-0.4, -0.2) is 9.97 Å². The van der Waals surface area contributed by atoms with Gasteiger partial charge in [-0.05, 0) is 43.1 Å². The number of aromatic amines is 1. The number of imidazole rings is 1. The summed E-state index contributed by atoms with van der Waals surface area (Å²) in [5.41, 5.74) is 0. The maximum atomic E-state index is 3.67. The quantitative estimate of drug-likeness (QED) is 0.264. The Morgan fingerprint density at radius 2 is 1.00 bits per heavy atom. The lowest BCUT2D eigenvalue weighted by atomic mass is 9.90. The predicted octanol–water partition coefficient (Wildman–Crippen LogP) is 6.15. The van der Waals surface area contributed by atoms with Crippen LogP contribution in [0.3, 0.4) is 0 Å². The third-order valence-corrected chi connectivity index (χ3v) is 4.80. The monoisotopic (exact) mass is 320 g/mol. The van der Waals surface area contributed by atoms with Gasteiger partial charge in [-0.2, -0.15) is 0 Å². The molecule has 0 unspecified atom stereocenters. The zero-order valence-electron chi connectivity index (χ0n) is 13.6. The van der Waals surface area contributed by atoms with Crippen molar-refractivity contribution in [3.05, 3.63) is 91.5 Å². The maximum Gasteiger partial charge on any atom is 0.0919 e. The zero-order valence-corrected chi connectivity index (χ0v) is 13.6. The molecule has 0 fully saturated rings. The van der Waals surface area contributed by atoms with Crippen LogP contribution in [0.25, 0.3) is 43.1 Å². The minimum absolute atomic E-state index is 1.33. The number of hydrogen-bond acceptors (Lipinski definition) is 1. The highest BCUT2D eigenvalue weighted by Gasteiger charge is 2.11. The van der Waals surface area contributed by atoms with Gasteiger partial charge in [0.15, 0.2) is 0 Å². The van der Waals surface area contributed by atoms with Crippen molar-refractivity contribution < 1.29 is 0 Å². The van der Waals surface area contributed by atoms with Crippen LogP contribution in [0.2, 0.25) is 0 Å². The molecular formula is C23H16N2. The number of hydrogen-bond donors (Lipinski definition) is 1. The summed E-state index contributed by atoms with van der Waals surface area (Å²) in [6, 6.07) is 26.4. The highest BCUT2D eigenvalue weighted by Crippen LogP contribution is 2.39. The van der Waals surface area contributed by atoms with Gasteiger partial charge in [0.05, 0.1) is 6.33 Å². The molecule has 25 heavy (non-hydrogen) atoms. The summed E-state index contributed by atoms with van der Waals surface area (Å²) < 4.78 is 0. The van der Waals surface area contributed by atoms with E-state index in [1.54, 1.807) is 18.7 Å². The molecule has 0 spiro atoms. The van der Waals surface area contributed by atoms with Crippen molar-refractivity contribution in [3.63, 3.8) is 0 Å². The van der Waals surface area contributed by atoms with Crippen LogP contribution in [0.4, 0.5) is 0 Å². The van der Waals surface area contributed by atoms with Crippen LogP contribution in [0.5, 0.6) is 0 Å². The second-order valence-electron chi connectivity index (χ2n) is 6.18. The molecule has 1 N–H and O–H groups in total. The van der Waals surface area contributed by atoms with Crippen molar-refractivity contribution in [2.45, 2.75) is 0 Å². The van der Waals surface area contributed by atoms with E-state index in [1.165, 1.54) is 43.1 Å². The first-order valence-corrected chi connectivity index (χ1v) is 8.40. The Morgan fingerprint density at radius 1 is 0.560 bits per heavy atom. The highest BCUT2D eigenvalue weighted by molar-refractivity contribution is 6.32. The highest BCUT2D eigenvalue weighted by atomic mass is 14.8. The number of rotatable bonds is 0. The third kappa shape index (κ3) is 2.15. The molecule has 6 aromatic rings. The smallest absolute Gasteiger partial charge is 0.0919 e. The summed E-state index contributed by atoms with van der Waals surface area (Å²) in [4.78, 5) is 6.42. The maximum absolute atomic E-state index is 3.67. The van der Waals surface area contributed by atoms with Crippen molar-refractivity contribution in [2.75, 3.05) is 0 Å². The molecule has 2 nitrogen and oxygen atoms in total. The van der Waals surface area contributed by atoms with Crippen LogP contribution >= 0.6 is 0 Å². The molecule has 118 valence electrons. The summed E-state index contributed by atoms with van der Waals surface area (Å²) >= 11 is 0. The number of benzene rings is 5. The Bertz CT molecular complexity index is 1100. The van der Waals surface area contributed by atoms with Crippen LogP contribution in [-0.2, 0) is 0 Å². The van der Waals surface area contributed by atoms with E-state index in [4.69, 9.17) is 0 Å². The van der Waals surface area contributed by atoms with Crippen LogP contribution in [0.1, 0.15) is 0 Å². The number of fused-ring (bicyclic) bond motifs is 2. The topological polar surface area (TPSA) is 28.7 Å². The van der Waals surface area contributed by atoms with Gasteiger partial charge in [0, 0.05) is 12.4 Å². The molecule has 0 aliphatic rings. The van der Waals surface area contributed by atoms with E-state index in [0.29, 0.717) is 0 Å². The molecule has 0 aliphatic carbocycles. The standard InChI is InChI=1S/C20H12.C3H4N2/c1-5-13-6-2-11-17-18-12-4-8-14-7-3-10-16(20(14)18)15(9-1)19(13)17;1-2-5-3-4-1/h1-12H;1-3H,(H,4,5). The van der Waals surface area contributed by atoms with E-state index in [9.17, 15) is 0 Å². The number of aromatic nitrogens is 2. The van der Waals surface area contributed by atoms with Crippen molar-refractivity contribution in [1.29, 1.82) is 0 Å². The molecule has 0 bridgehead atoms. The van der Waals surface area contributed by atoms with Crippen molar-refractivity contribution in [3.8, 4) is 0 Å². The van der Waals surface area contributed by atoms with Crippen LogP contribution in [0, 0.1) is 0 Å². The molecule has 5 aromatic carbocycles. The van der Waals surface area contributed by atoms with E-state index in [1.807, 2.05) is 0 Å². The summed E-state index contributed by atoms with van der Waals surface area (Å²) in [5.74, 6) is 0. The molecule has 2 heteroatoms. The fraction of sp³-hybridized carbons (Fsp3) is 0. The van der Waals surface area contributed by atoms with Crippen molar-refractivity contribution in [1.82, 2.24) is 9.97 Å². The normalized spacial score (nSPS) is 11.2. The van der Waals surface area contributed by atoms with Gasteiger partial charge in [-0.25, -0.2) is 4.98 Å². The van der Waals surface area contributed by atoms with Crippen LogP contribution in [0.15, 0.2) is 91.5 Å². The molecule has 0 radical (unpaired) electrons. The van der Waals surface area contributed by atoms with Gasteiger partial charge >= 0.3 is 0 Å². The summed E-state index contributed by atoms with van der Waals surface area (Å²) in [6.07, 6.45) is 5.08. The van der Waals surface area contributed by atoms with Crippen molar-refractivity contribution in [2.24, 2.45) is 0 Å². The molecule has 1 aromatic heterocycles. The van der Waals surface area contributed by atoms with E-state index in [0.717, 1.165) is 0 Å². The minimum Gasteiger partial charge on any atom is -0.351 e. The molecular weight excluding hydrogens is 304 g/mol. The van der Waals surface area contributed by atoms with E-state index >= 15 is 0 Å². The number of H-pyrrole nitrogens is 1. The Hall–Kier alpha value is -3.39. The fourth-order valence-corrected chi connectivity index (χ4v) is 3.79.